The van der Waals surface area contributed by atoms with E-state index in [2.05, 4.69) is 4.18 Å². The van der Waals surface area contributed by atoms with Crippen LogP contribution < -0.4 is 0 Å². The van der Waals surface area contributed by atoms with Crippen molar-refractivity contribution < 1.29 is 17.2 Å². The van der Waals surface area contributed by atoms with Gasteiger partial charge in [0.15, 0.2) is 11.1 Å². The van der Waals surface area contributed by atoms with Gasteiger partial charge in [-0.15, -0.1) is 0 Å². The molecule has 5 heteroatoms. The van der Waals surface area contributed by atoms with E-state index in [9.17, 15) is 13.0 Å². The van der Waals surface area contributed by atoms with Gasteiger partial charge in [0.05, 0.1) is 5.75 Å². The van der Waals surface area contributed by atoms with Crippen LogP contribution in [0.3, 0.4) is 0 Å². The van der Waals surface area contributed by atoms with Gasteiger partial charge in [-0.2, -0.15) is 0 Å². The molecule has 0 N–H and O–H groups in total. The van der Waals surface area contributed by atoms with Crippen molar-refractivity contribution in [1.29, 1.82) is 0 Å². The molecule has 0 radical (unpaired) electrons. The lowest BCUT2D eigenvalue weighted by Crippen LogP contribution is -2.32. The lowest BCUT2D eigenvalue weighted by molar-refractivity contribution is -0.0480. The lowest BCUT2D eigenvalue weighted by Gasteiger charge is -2.19. The van der Waals surface area contributed by atoms with Crippen molar-refractivity contribution in [3.63, 3.8) is 0 Å². The smallest absolute Gasteiger partial charge is 0.273 e. The van der Waals surface area contributed by atoms with Gasteiger partial charge < -0.3 is 0 Å². The third-order valence-corrected chi connectivity index (χ3v) is 1.95. The van der Waals surface area contributed by atoms with E-state index in [0.717, 1.165) is 0 Å². The second kappa shape index (κ2) is 2.30. The van der Waals surface area contributed by atoms with Crippen molar-refractivity contribution in [3.8, 4) is 0 Å². The Kier molecular flexibility index (Phi) is 1.81. The Morgan fingerprint density at radius 2 is 2.22 bits per heavy atom. The molecule has 0 aromatic carbocycles. The van der Waals surface area contributed by atoms with Crippen LogP contribution in [0.1, 0.15) is 6.42 Å². The standard InChI is InChI=1S/C4H6F2O2S/c5-4(6)1-2-9(7)8-3-4/h1-3H2. The summed E-state index contributed by atoms with van der Waals surface area (Å²) >= 11 is -1.47. The maximum Gasteiger partial charge on any atom is 0.273 e. The van der Waals surface area contributed by atoms with E-state index in [1.807, 2.05) is 0 Å². The maximum absolute atomic E-state index is 12.1. The Bertz CT molecular complexity index is 125. The van der Waals surface area contributed by atoms with Crippen LogP contribution in [-0.2, 0) is 15.3 Å². The number of hydrogen-bond donors (Lipinski definition) is 0. The first-order valence-electron chi connectivity index (χ1n) is 2.50. The minimum Gasteiger partial charge on any atom is -0.284 e. The van der Waals surface area contributed by atoms with E-state index in [1.54, 1.807) is 0 Å². The molecule has 2 nitrogen and oxygen atoms in total. The highest BCUT2D eigenvalue weighted by molar-refractivity contribution is 7.80. The molecule has 1 fully saturated rings. The highest BCUT2D eigenvalue weighted by atomic mass is 32.2. The fourth-order valence-electron chi connectivity index (χ4n) is 0.516. The van der Waals surface area contributed by atoms with Crippen LogP contribution in [0.25, 0.3) is 0 Å². The van der Waals surface area contributed by atoms with Gasteiger partial charge in [0.1, 0.15) is 6.61 Å². The maximum atomic E-state index is 12.1. The van der Waals surface area contributed by atoms with Gasteiger partial charge in [0.2, 0.25) is 0 Å². The fourth-order valence-corrected chi connectivity index (χ4v) is 1.40. The highest BCUT2D eigenvalue weighted by Gasteiger charge is 2.34. The Hall–Kier alpha value is -0.0300. The second-order valence-corrected chi connectivity index (χ2v) is 3.13. The monoisotopic (exact) mass is 156 g/mol. The molecule has 0 saturated carbocycles. The van der Waals surface area contributed by atoms with Gasteiger partial charge >= 0.3 is 0 Å². The fraction of sp³-hybridized carbons (Fsp3) is 1.00. The van der Waals surface area contributed by atoms with Gasteiger partial charge in [-0.3, -0.25) is 4.18 Å². The predicted octanol–water partition coefficient (Wildman–Crippen LogP) is 0.706. The van der Waals surface area contributed by atoms with E-state index in [4.69, 9.17) is 0 Å². The number of rotatable bonds is 0. The molecule has 0 spiro atoms. The second-order valence-electron chi connectivity index (χ2n) is 1.88. The SMILES string of the molecule is O=S1CCC(F)(F)CO1. The van der Waals surface area contributed by atoms with Crippen molar-refractivity contribution in [2.75, 3.05) is 12.4 Å². The minimum atomic E-state index is -2.76. The van der Waals surface area contributed by atoms with Crippen molar-refractivity contribution in [2.45, 2.75) is 12.3 Å². The Balaban J connectivity index is 2.44. The number of halogens is 2. The van der Waals surface area contributed by atoms with Gasteiger partial charge in [0, 0.05) is 6.42 Å². The molecular weight excluding hydrogens is 150 g/mol. The summed E-state index contributed by atoms with van der Waals surface area (Å²) in [6.45, 7) is -0.695. The van der Waals surface area contributed by atoms with Crippen molar-refractivity contribution in [1.82, 2.24) is 0 Å². The molecule has 9 heavy (non-hydrogen) atoms. The van der Waals surface area contributed by atoms with E-state index in [1.165, 1.54) is 0 Å². The van der Waals surface area contributed by atoms with Crippen LogP contribution in [0.4, 0.5) is 8.78 Å². The summed E-state index contributed by atoms with van der Waals surface area (Å²) in [4.78, 5) is 0. The van der Waals surface area contributed by atoms with Crippen LogP contribution in [0.5, 0.6) is 0 Å². The largest absolute Gasteiger partial charge is 0.284 e. The summed E-state index contributed by atoms with van der Waals surface area (Å²) in [7, 11) is 0. The third kappa shape index (κ3) is 1.98. The molecule has 0 amide bonds. The van der Waals surface area contributed by atoms with Crippen molar-refractivity contribution >= 4 is 11.1 Å². The minimum absolute atomic E-state index is 0.0486. The van der Waals surface area contributed by atoms with Gasteiger partial charge in [0.25, 0.3) is 5.92 Å². The molecule has 0 aromatic rings. The molecule has 54 valence electrons. The molecule has 1 rings (SSSR count). The first-order chi connectivity index (χ1) is 4.10. The first-order valence-corrected chi connectivity index (χ1v) is 3.74. The number of alkyl halides is 2. The third-order valence-electron chi connectivity index (χ3n) is 1.04. The van der Waals surface area contributed by atoms with E-state index in [-0.39, 0.29) is 12.2 Å². The summed E-state index contributed by atoms with van der Waals surface area (Å²) < 4.78 is 38.8. The first kappa shape index (κ1) is 7.08. The van der Waals surface area contributed by atoms with Gasteiger partial charge in [-0.05, 0) is 0 Å². The zero-order valence-electron chi connectivity index (χ0n) is 4.60. The molecule has 0 aliphatic carbocycles. The van der Waals surface area contributed by atoms with E-state index >= 15 is 0 Å². The highest BCUT2D eigenvalue weighted by Crippen LogP contribution is 2.23. The van der Waals surface area contributed by atoms with Crippen molar-refractivity contribution in [3.05, 3.63) is 0 Å². The van der Waals surface area contributed by atoms with E-state index in [0.29, 0.717) is 0 Å². The van der Waals surface area contributed by atoms with Crippen LogP contribution in [0, 0.1) is 0 Å². The van der Waals surface area contributed by atoms with Crippen molar-refractivity contribution in [2.24, 2.45) is 0 Å². The molecule has 1 aliphatic rings. The van der Waals surface area contributed by atoms with Crippen LogP contribution in [0.15, 0.2) is 0 Å². The normalized spacial score (nSPS) is 34.2. The molecule has 1 atom stereocenters. The molecule has 0 bridgehead atoms. The molecule has 1 heterocycles. The molecule has 1 unspecified atom stereocenters. The molecular formula is C4H6F2O2S. The Morgan fingerprint density at radius 1 is 1.56 bits per heavy atom. The summed E-state index contributed by atoms with van der Waals surface area (Å²) in [5.41, 5.74) is 0. The summed E-state index contributed by atoms with van der Waals surface area (Å²) in [5, 5.41) is 0. The Labute approximate surface area is 53.9 Å². The molecule has 1 saturated heterocycles. The summed E-state index contributed by atoms with van der Waals surface area (Å²) in [6.07, 6.45) is -0.320. The average molecular weight is 156 g/mol. The van der Waals surface area contributed by atoms with Crippen LogP contribution >= 0.6 is 0 Å². The average Bonchev–Trinajstić information content (AvgIpc) is 1.78. The van der Waals surface area contributed by atoms with Crippen LogP contribution in [0.2, 0.25) is 0 Å². The molecule has 1 aliphatic heterocycles. The van der Waals surface area contributed by atoms with Gasteiger partial charge in [-0.25, -0.2) is 13.0 Å². The number of hydrogen-bond acceptors (Lipinski definition) is 2. The zero-order valence-corrected chi connectivity index (χ0v) is 5.42. The molecule has 0 aromatic heterocycles. The lowest BCUT2D eigenvalue weighted by atomic mass is 10.3. The predicted molar refractivity (Wildman–Crippen MR) is 28.5 cm³/mol. The van der Waals surface area contributed by atoms with E-state index < -0.39 is 23.6 Å². The zero-order chi connectivity index (χ0) is 6.91. The summed E-state index contributed by atoms with van der Waals surface area (Å²) in [5.74, 6) is -2.80. The summed E-state index contributed by atoms with van der Waals surface area (Å²) in [6, 6.07) is 0. The Morgan fingerprint density at radius 3 is 2.56 bits per heavy atom. The van der Waals surface area contributed by atoms with Crippen LogP contribution in [-0.4, -0.2) is 22.5 Å². The topological polar surface area (TPSA) is 26.3 Å². The van der Waals surface area contributed by atoms with Gasteiger partial charge in [-0.1, -0.05) is 0 Å². The quantitative estimate of drug-likeness (QED) is 0.516.